The van der Waals surface area contributed by atoms with E-state index in [1.807, 2.05) is 31.2 Å². The lowest BCUT2D eigenvalue weighted by Crippen LogP contribution is -2.41. The van der Waals surface area contributed by atoms with Crippen LogP contribution in [0.25, 0.3) is 0 Å². The Morgan fingerprint density at radius 1 is 1.20 bits per heavy atom. The molecule has 0 radical (unpaired) electrons. The molecule has 0 spiro atoms. The van der Waals surface area contributed by atoms with Crippen LogP contribution >= 0.6 is 0 Å². The van der Waals surface area contributed by atoms with Gasteiger partial charge >= 0.3 is 13.1 Å². The number of rotatable bonds is 4. The van der Waals surface area contributed by atoms with Crippen LogP contribution in [0.5, 0.6) is 0 Å². The van der Waals surface area contributed by atoms with E-state index in [2.05, 4.69) is 32.6 Å². The van der Waals surface area contributed by atoms with Crippen molar-refractivity contribution in [3.8, 4) is 0 Å². The fourth-order valence-electron chi connectivity index (χ4n) is 3.36. The molecule has 136 valence electrons. The molecule has 2 fully saturated rings. The van der Waals surface area contributed by atoms with Gasteiger partial charge in [-0.3, -0.25) is 0 Å². The van der Waals surface area contributed by atoms with Gasteiger partial charge in [-0.1, -0.05) is 12.1 Å². The topological polar surface area (TPSA) is 48.0 Å². The molecule has 1 aromatic rings. The maximum Gasteiger partial charge on any atom is 0.494 e. The second-order valence-corrected chi connectivity index (χ2v) is 7.78. The molecule has 1 aromatic carbocycles. The molecule has 2 aliphatic heterocycles. The molecular formula is C19H28BNO4. The summed E-state index contributed by atoms with van der Waals surface area (Å²) in [6.07, 6.45) is 1.85. The Labute approximate surface area is 150 Å². The molecule has 2 saturated heterocycles. The molecule has 5 nitrogen and oxygen atoms in total. The number of hydrogen-bond acceptors (Lipinski definition) is 5. The van der Waals surface area contributed by atoms with Crippen molar-refractivity contribution in [1.29, 1.82) is 0 Å². The number of benzene rings is 1. The van der Waals surface area contributed by atoms with Crippen LogP contribution in [0, 0.1) is 0 Å². The molecule has 0 N–H and O–H groups in total. The third-order valence-corrected chi connectivity index (χ3v) is 5.56. The summed E-state index contributed by atoms with van der Waals surface area (Å²) >= 11 is 0. The van der Waals surface area contributed by atoms with Crippen molar-refractivity contribution in [1.82, 2.24) is 0 Å². The molecule has 0 bridgehead atoms. The minimum absolute atomic E-state index is 0.130. The molecular weight excluding hydrogens is 317 g/mol. The third-order valence-electron chi connectivity index (χ3n) is 5.56. The van der Waals surface area contributed by atoms with E-state index in [1.54, 1.807) is 0 Å². The minimum atomic E-state index is -0.363. The zero-order chi connectivity index (χ0) is 18.2. The summed E-state index contributed by atoms with van der Waals surface area (Å²) in [5, 5.41) is 0. The molecule has 1 atom stereocenters. The first-order valence-electron chi connectivity index (χ1n) is 9.14. The summed E-state index contributed by atoms with van der Waals surface area (Å²) in [7, 11) is -0.363. The molecule has 0 amide bonds. The van der Waals surface area contributed by atoms with Gasteiger partial charge in [-0.05, 0) is 65.1 Å². The summed E-state index contributed by atoms with van der Waals surface area (Å²) < 4.78 is 17.4. The van der Waals surface area contributed by atoms with E-state index >= 15 is 0 Å². The van der Waals surface area contributed by atoms with Crippen molar-refractivity contribution < 1.29 is 18.8 Å². The fourth-order valence-corrected chi connectivity index (χ4v) is 3.36. The Hall–Kier alpha value is -1.53. The lowest BCUT2D eigenvalue weighted by Gasteiger charge is -2.32. The molecule has 2 heterocycles. The third kappa shape index (κ3) is 3.42. The van der Waals surface area contributed by atoms with Gasteiger partial charge in [0, 0.05) is 12.2 Å². The first kappa shape index (κ1) is 18.3. The maximum atomic E-state index is 12.1. The Morgan fingerprint density at radius 2 is 1.80 bits per heavy atom. The highest BCUT2D eigenvalue weighted by molar-refractivity contribution is 6.62. The largest absolute Gasteiger partial charge is 0.494 e. The fraction of sp³-hybridized carbons (Fsp3) is 0.632. The number of esters is 1. The summed E-state index contributed by atoms with van der Waals surface area (Å²) in [5.41, 5.74) is 1.34. The quantitative estimate of drug-likeness (QED) is 0.620. The number of hydrogen-bond donors (Lipinski definition) is 0. The molecule has 0 aliphatic carbocycles. The highest BCUT2D eigenvalue weighted by Crippen LogP contribution is 2.36. The second-order valence-electron chi connectivity index (χ2n) is 7.78. The highest BCUT2D eigenvalue weighted by Gasteiger charge is 2.51. The normalized spacial score (nSPS) is 24.6. The van der Waals surface area contributed by atoms with Crippen LogP contribution in [0.4, 0.5) is 5.69 Å². The maximum absolute atomic E-state index is 12.1. The van der Waals surface area contributed by atoms with Crippen molar-refractivity contribution in [3.63, 3.8) is 0 Å². The zero-order valence-electron chi connectivity index (χ0n) is 15.9. The van der Waals surface area contributed by atoms with Gasteiger partial charge in [0.15, 0.2) is 0 Å². The lowest BCUT2D eigenvalue weighted by molar-refractivity contribution is -0.144. The number of carbonyl (C=O) groups excluding carboxylic acids is 1. The van der Waals surface area contributed by atoms with Crippen LogP contribution < -0.4 is 10.4 Å². The summed E-state index contributed by atoms with van der Waals surface area (Å²) in [6, 6.07) is 7.95. The molecule has 6 heteroatoms. The van der Waals surface area contributed by atoms with Crippen molar-refractivity contribution in [2.24, 2.45) is 0 Å². The first-order valence-corrected chi connectivity index (χ1v) is 9.14. The predicted molar refractivity (Wildman–Crippen MR) is 99.2 cm³/mol. The van der Waals surface area contributed by atoms with Crippen LogP contribution in [-0.4, -0.2) is 43.5 Å². The molecule has 1 unspecified atom stereocenters. The van der Waals surface area contributed by atoms with E-state index in [1.165, 1.54) is 0 Å². The Bertz CT molecular complexity index is 613. The summed E-state index contributed by atoms with van der Waals surface area (Å²) in [6.45, 7) is 11.3. The van der Waals surface area contributed by atoms with Gasteiger partial charge in [0.05, 0.1) is 17.8 Å². The SMILES string of the molecule is CCOC(=O)C1CCCN1c1ccc(B2OC(C)(C)C(C)(C)O2)cc1. The Kier molecular flexibility index (Phi) is 4.86. The van der Waals surface area contributed by atoms with E-state index in [0.717, 1.165) is 30.5 Å². The van der Waals surface area contributed by atoms with Gasteiger partial charge in [-0.2, -0.15) is 0 Å². The average molecular weight is 345 g/mol. The number of anilines is 1. The second kappa shape index (κ2) is 6.65. The van der Waals surface area contributed by atoms with Gasteiger partial charge in [0.1, 0.15) is 6.04 Å². The van der Waals surface area contributed by atoms with Gasteiger partial charge < -0.3 is 18.9 Å². The van der Waals surface area contributed by atoms with Crippen molar-refractivity contribution >= 4 is 24.2 Å². The van der Waals surface area contributed by atoms with Gasteiger partial charge in [0.2, 0.25) is 0 Å². The molecule has 25 heavy (non-hydrogen) atoms. The zero-order valence-corrected chi connectivity index (χ0v) is 15.9. The standard InChI is InChI=1S/C19H28BNO4/c1-6-23-17(22)16-8-7-13-21(16)15-11-9-14(10-12-15)20-24-18(2,3)19(4,5)25-20/h9-12,16H,6-8,13H2,1-5H3. The first-order chi connectivity index (χ1) is 11.7. The monoisotopic (exact) mass is 345 g/mol. The summed E-state index contributed by atoms with van der Waals surface area (Å²) in [5.74, 6) is -0.130. The Balaban J connectivity index is 1.74. The number of ether oxygens (including phenoxy) is 1. The van der Waals surface area contributed by atoms with Crippen LogP contribution in [0.3, 0.4) is 0 Å². The van der Waals surface area contributed by atoms with Crippen molar-refractivity contribution in [2.75, 3.05) is 18.1 Å². The van der Waals surface area contributed by atoms with Crippen molar-refractivity contribution in [2.45, 2.75) is 64.7 Å². The predicted octanol–water partition coefficient (Wildman–Crippen LogP) is 2.52. The van der Waals surface area contributed by atoms with E-state index in [9.17, 15) is 4.79 Å². The van der Waals surface area contributed by atoms with E-state index in [-0.39, 0.29) is 30.3 Å². The van der Waals surface area contributed by atoms with Gasteiger partial charge in [-0.15, -0.1) is 0 Å². The number of nitrogens with zero attached hydrogens (tertiary/aromatic N) is 1. The lowest BCUT2D eigenvalue weighted by atomic mass is 9.79. The highest BCUT2D eigenvalue weighted by atomic mass is 16.7. The van der Waals surface area contributed by atoms with E-state index in [4.69, 9.17) is 14.0 Å². The van der Waals surface area contributed by atoms with Crippen LogP contribution in [0.1, 0.15) is 47.5 Å². The molecule has 2 aliphatic rings. The number of carbonyl (C=O) groups is 1. The van der Waals surface area contributed by atoms with Crippen LogP contribution in [0.15, 0.2) is 24.3 Å². The van der Waals surface area contributed by atoms with Crippen LogP contribution in [0.2, 0.25) is 0 Å². The smallest absolute Gasteiger partial charge is 0.464 e. The Morgan fingerprint density at radius 3 is 2.36 bits per heavy atom. The average Bonchev–Trinajstić information content (AvgIpc) is 3.11. The van der Waals surface area contributed by atoms with Gasteiger partial charge in [0.25, 0.3) is 0 Å². The van der Waals surface area contributed by atoms with E-state index in [0.29, 0.717) is 6.61 Å². The summed E-state index contributed by atoms with van der Waals surface area (Å²) in [4.78, 5) is 14.3. The molecule has 0 aromatic heterocycles. The van der Waals surface area contributed by atoms with Crippen LogP contribution in [-0.2, 0) is 18.8 Å². The molecule has 0 saturated carbocycles. The van der Waals surface area contributed by atoms with E-state index < -0.39 is 0 Å². The molecule has 3 rings (SSSR count). The van der Waals surface area contributed by atoms with Crippen molar-refractivity contribution in [3.05, 3.63) is 24.3 Å². The van der Waals surface area contributed by atoms with Gasteiger partial charge in [-0.25, -0.2) is 4.79 Å². The minimum Gasteiger partial charge on any atom is -0.464 e.